The highest BCUT2D eigenvalue weighted by Gasteiger charge is 2.64. The zero-order valence-corrected chi connectivity index (χ0v) is 35.6. The molecule has 8 aliphatic carbocycles. The number of aromatic nitrogens is 1. The summed E-state index contributed by atoms with van der Waals surface area (Å²) in [6.07, 6.45) is 11.1. The number of benzene rings is 7. The van der Waals surface area contributed by atoms with Gasteiger partial charge >= 0.3 is 0 Å². The van der Waals surface area contributed by atoms with Gasteiger partial charge in [-0.25, -0.2) is 0 Å². The fourth-order valence-corrected chi connectivity index (χ4v) is 16.5. The van der Waals surface area contributed by atoms with Crippen LogP contribution in [0.2, 0.25) is 0 Å². The van der Waals surface area contributed by atoms with Crippen LogP contribution in [0, 0.1) is 41.4 Å². The Hall–Kier alpha value is -5.86. The van der Waals surface area contributed by atoms with E-state index in [-0.39, 0.29) is 10.8 Å². The number of para-hydroxylation sites is 2. The van der Waals surface area contributed by atoms with Crippen LogP contribution in [0.25, 0.3) is 49.7 Å². The molecule has 9 atom stereocenters. The molecule has 8 unspecified atom stereocenters. The molecule has 1 heterocycles. The van der Waals surface area contributed by atoms with Gasteiger partial charge in [0.15, 0.2) is 0 Å². The van der Waals surface area contributed by atoms with Crippen LogP contribution in [0.15, 0.2) is 158 Å². The van der Waals surface area contributed by atoms with E-state index in [1.807, 2.05) is 0 Å². The van der Waals surface area contributed by atoms with Crippen molar-refractivity contribution in [3.63, 3.8) is 0 Å². The molecular formula is C60H52N2. The number of anilines is 3. The number of hydrogen-bond acceptors (Lipinski definition) is 1. The van der Waals surface area contributed by atoms with Crippen LogP contribution in [-0.2, 0) is 10.8 Å². The van der Waals surface area contributed by atoms with Crippen molar-refractivity contribution in [2.24, 2.45) is 41.4 Å². The van der Waals surface area contributed by atoms with Gasteiger partial charge in [0.2, 0.25) is 0 Å². The SMILES string of the molecule is C[C@H]1C2CC3CC(C2)C2(c4ccccc4-c4cc(N(c5ccc6c(c5)-c5ccccc5C65CC6CCC5C6)c5ccc6c7ccccc7n(-c7ccccc7)c6c5)ccc42)C1C3. The molecule has 2 nitrogen and oxygen atoms in total. The van der Waals surface area contributed by atoms with Gasteiger partial charge in [-0.05, 0) is 185 Å². The Bertz CT molecular complexity index is 3190. The number of hydrogen-bond donors (Lipinski definition) is 0. The minimum atomic E-state index is 0.129. The first-order valence-corrected chi connectivity index (χ1v) is 24.0. The Morgan fingerprint density at radius 1 is 0.484 bits per heavy atom. The quantitative estimate of drug-likeness (QED) is 0.172. The normalized spacial score (nSPS) is 30.1. The molecule has 6 saturated carbocycles. The van der Waals surface area contributed by atoms with E-state index in [2.05, 4.69) is 174 Å². The van der Waals surface area contributed by atoms with Crippen LogP contribution in [0.3, 0.4) is 0 Å². The van der Waals surface area contributed by atoms with Crippen molar-refractivity contribution in [1.29, 1.82) is 0 Å². The second kappa shape index (κ2) is 12.2. The van der Waals surface area contributed by atoms with Crippen molar-refractivity contribution in [3.05, 3.63) is 180 Å². The Morgan fingerprint density at radius 3 is 1.92 bits per heavy atom. The predicted octanol–water partition coefficient (Wildman–Crippen LogP) is 15.3. The summed E-state index contributed by atoms with van der Waals surface area (Å²) in [7, 11) is 0. The molecule has 7 aromatic carbocycles. The van der Waals surface area contributed by atoms with Gasteiger partial charge in [0.25, 0.3) is 0 Å². The van der Waals surface area contributed by atoms with Gasteiger partial charge in [-0.3, -0.25) is 0 Å². The second-order valence-electron chi connectivity index (χ2n) is 20.9. The summed E-state index contributed by atoms with van der Waals surface area (Å²) in [6, 6.07) is 61.6. The first-order valence-electron chi connectivity index (χ1n) is 24.0. The lowest BCUT2D eigenvalue weighted by molar-refractivity contribution is -0.0817. The second-order valence-corrected chi connectivity index (χ2v) is 20.9. The van der Waals surface area contributed by atoms with E-state index in [1.165, 1.54) is 118 Å². The molecule has 8 aromatic rings. The van der Waals surface area contributed by atoms with E-state index in [1.54, 1.807) is 22.3 Å². The van der Waals surface area contributed by atoms with Gasteiger partial charge in [-0.15, -0.1) is 0 Å². The van der Waals surface area contributed by atoms with E-state index in [0.29, 0.717) is 0 Å². The maximum atomic E-state index is 2.61. The molecule has 0 N–H and O–H groups in total. The van der Waals surface area contributed by atoms with E-state index in [9.17, 15) is 0 Å². The monoisotopic (exact) mass is 800 g/mol. The summed E-state index contributed by atoms with van der Waals surface area (Å²) in [6.45, 7) is 2.61. The molecule has 16 rings (SSSR count). The summed E-state index contributed by atoms with van der Waals surface area (Å²) in [4.78, 5) is 2.61. The fourth-order valence-electron chi connectivity index (χ4n) is 16.5. The predicted molar refractivity (Wildman–Crippen MR) is 255 cm³/mol. The topological polar surface area (TPSA) is 8.17 Å². The Kier molecular flexibility index (Phi) is 6.82. The number of rotatable bonds is 4. The fraction of sp³-hybridized carbons (Fsp3) is 0.300. The smallest absolute Gasteiger partial charge is 0.0561 e. The van der Waals surface area contributed by atoms with Gasteiger partial charge in [0.05, 0.1) is 11.0 Å². The summed E-state index contributed by atoms with van der Waals surface area (Å²) < 4.78 is 2.47. The third-order valence-corrected chi connectivity index (χ3v) is 18.6. The molecule has 8 aliphatic rings. The van der Waals surface area contributed by atoms with Gasteiger partial charge in [0, 0.05) is 44.4 Å². The maximum absolute atomic E-state index is 2.61. The molecule has 0 aliphatic heterocycles. The van der Waals surface area contributed by atoms with E-state index in [0.717, 1.165) is 41.4 Å². The van der Waals surface area contributed by atoms with Crippen LogP contribution in [0.4, 0.5) is 17.1 Å². The van der Waals surface area contributed by atoms with E-state index in [4.69, 9.17) is 0 Å². The molecule has 302 valence electrons. The summed E-state index contributed by atoms with van der Waals surface area (Å²) in [5, 5.41) is 2.58. The number of nitrogens with zero attached hydrogens (tertiary/aromatic N) is 2. The molecular weight excluding hydrogens is 749 g/mol. The molecule has 6 bridgehead atoms. The van der Waals surface area contributed by atoms with Crippen molar-refractivity contribution in [3.8, 4) is 27.9 Å². The van der Waals surface area contributed by atoms with Crippen molar-refractivity contribution in [2.75, 3.05) is 4.90 Å². The zero-order valence-electron chi connectivity index (χ0n) is 35.6. The highest BCUT2D eigenvalue weighted by Crippen LogP contribution is 2.71. The molecule has 0 radical (unpaired) electrons. The Labute approximate surface area is 365 Å². The molecule has 0 amide bonds. The highest BCUT2D eigenvalue weighted by molar-refractivity contribution is 6.10. The van der Waals surface area contributed by atoms with Gasteiger partial charge in [-0.1, -0.05) is 116 Å². The average molecular weight is 801 g/mol. The standard InChI is InChI=1S/C60H52N2/c1-36-39-27-38-29-41(31-39)60(56(36)30-38)54-17-9-6-14-47(54)51-33-44(23-26-55(51)60)61(45-21-24-49-48-15-7-10-18-57(48)62(58(49)34-45)42-11-3-2-4-12-42)43-22-25-53-50(32-43)46-13-5-8-16-52(46)59(53)35-37-19-20-40(59)28-37/h2-18,21-26,32-34,36-41,56H,19-20,27-31,35H2,1H3/t36-,37?,38?,39?,40?,41?,56?,59?,60?/m0/s1. The van der Waals surface area contributed by atoms with Crippen molar-refractivity contribution < 1.29 is 0 Å². The Morgan fingerprint density at radius 2 is 1.11 bits per heavy atom. The number of fused-ring (bicyclic) bond motifs is 14. The largest absolute Gasteiger partial charge is 0.310 e. The zero-order chi connectivity index (χ0) is 40.5. The average Bonchev–Trinajstić information content (AvgIpc) is 4.13. The third kappa shape index (κ3) is 4.23. The highest BCUT2D eigenvalue weighted by atomic mass is 15.1. The van der Waals surface area contributed by atoms with Crippen molar-refractivity contribution in [1.82, 2.24) is 4.57 Å². The molecule has 2 spiro atoms. The lowest BCUT2D eigenvalue weighted by Crippen LogP contribution is -2.58. The minimum absolute atomic E-state index is 0.129. The van der Waals surface area contributed by atoms with E-state index < -0.39 is 0 Å². The molecule has 2 heteroatoms. The van der Waals surface area contributed by atoms with Crippen LogP contribution in [0.1, 0.15) is 80.5 Å². The lowest BCUT2D eigenvalue weighted by atomic mass is 9.40. The molecule has 1 aromatic heterocycles. The van der Waals surface area contributed by atoms with Crippen LogP contribution in [0.5, 0.6) is 0 Å². The third-order valence-electron chi connectivity index (χ3n) is 18.6. The summed E-state index contributed by atoms with van der Waals surface area (Å²) in [5.74, 6) is 5.65. The van der Waals surface area contributed by atoms with Gasteiger partial charge in [-0.2, -0.15) is 0 Å². The summed E-state index contributed by atoms with van der Waals surface area (Å²) in [5.41, 5.74) is 19.9. The maximum Gasteiger partial charge on any atom is 0.0561 e. The summed E-state index contributed by atoms with van der Waals surface area (Å²) >= 11 is 0. The van der Waals surface area contributed by atoms with Gasteiger partial charge < -0.3 is 9.47 Å². The first-order chi connectivity index (χ1) is 30.6. The molecule has 0 saturated heterocycles. The lowest BCUT2D eigenvalue weighted by Gasteiger charge is -2.63. The minimum Gasteiger partial charge on any atom is -0.310 e. The molecule has 62 heavy (non-hydrogen) atoms. The Balaban J connectivity index is 0.968. The van der Waals surface area contributed by atoms with Gasteiger partial charge in [0.1, 0.15) is 0 Å². The van der Waals surface area contributed by atoms with Crippen LogP contribution < -0.4 is 4.90 Å². The molecule has 6 fully saturated rings. The van der Waals surface area contributed by atoms with Crippen molar-refractivity contribution in [2.45, 2.75) is 69.1 Å². The van der Waals surface area contributed by atoms with E-state index >= 15 is 0 Å². The first kappa shape index (κ1) is 34.7. The van der Waals surface area contributed by atoms with Crippen LogP contribution in [-0.4, -0.2) is 4.57 Å². The van der Waals surface area contributed by atoms with Crippen molar-refractivity contribution >= 4 is 38.9 Å². The van der Waals surface area contributed by atoms with Crippen LogP contribution >= 0.6 is 0 Å².